The molecule has 1 atom stereocenters. The molecule has 29 heavy (non-hydrogen) atoms. The number of furan rings is 1. The van der Waals surface area contributed by atoms with Crippen LogP contribution in [0.5, 0.6) is 5.75 Å². The van der Waals surface area contributed by atoms with Crippen molar-refractivity contribution in [3.63, 3.8) is 0 Å². The first kappa shape index (κ1) is 20.8. The molecule has 152 valence electrons. The Morgan fingerprint density at radius 1 is 1.03 bits per heavy atom. The molecule has 0 N–H and O–H groups in total. The largest absolute Gasteiger partial charge is 0.490 e. The van der Waals surface area contributed by atoms with Gasteiger partial charge in [0, 0.05) is 23.1 Å². The van der Waals surface area contributed by atoms with Crippen molar-refractivity contribution >= 4 is 16.8 Å². The lowest BCUT2D eigenvalue weighted by Crippen LogP contribution is -2.14. The highest BCUT2D eigenvalue weighted by atomic mass is 32.2. The third-order valence-electron chi connectivity index (χ3n) is 4.29. The summed E-state index contributed by atoms with van der Waals surface area (Å²) in [5.41, 5.74) is 2.29. The molecule has 0 aliphatic heterocycles. The summed E-state index contributed by atoms with van der Waals surface area (Å²) in [5, 5.41) is 0. The SMILES string of the molecule is COCCOc1c(-c2ccoc2)ccc(CS(=O)c2ccccc2)c1C(=O)OC. The Morgan fingerprint density at radius 3 is 2.48 bits per heavy atom. The maximum atomic E-state index is 12.8. The average molecular weight is 414 g/mol. The molecule has 1 aromatic heterocycles. The molecule has 3 aromatic rings. The number of benzene rings is 2. The van der Waals surface area contributed by atoms with E-state index >= 15 is 0 Å². The van der Waals surface area contributed by atoms with Crippen LogP contribution >= 0.6 is 0 Å². The minimum Gasteiger partial charge on any atom is -0.490 e. The van der Waals surface area contributed by atoms with Crippen LogP contribution < -0.4 is 4.74 Å². The molecule has 0 radical (unpaired) electrons. The molecular weight excluding hydrogens is 392 g/mol. The molecule has 0 saturated carbocycles. The lowest BCUT2D eigenvalue weighted by Gasteiger charge is -2.17. The summed E-state index contributed by atoms with van der Waals surface area (Å²) >= 11 is 0. The van der Waals surface area contributed by atoms with E-state index in [-0.39, 0.29) is 17.9 Å². The smallest absolute Gasteiger partial charge is 0.341 e. The molecule has 1 heterocycles. The van der Waals surface area contributed by atoms with Gasteiger partial charge < -0.3 is 18.6 Å². The zero-order chi connectivity index (χ0) is 20.6. The monoisotopic (exact) mass is 414 g/mol. The molecule has 0 spiro atoms. The van der Waals surface area contributed by atoms with Crippen molar-refractivity contribution in [3.8, 4) is 16.9 Å². The molecule has 0 saturated heterocycles. The van der Waals surface area contributed by atoms with Gasteiger partial charge in [-0.1, -0.05) is 30.3 Å². The Labute approximate surface area is 171 Å². The van der Waals surface area contributed by atoms with Crippen LogP contribution in [0.15, 0.2) is 70.4 Å². The summed E-state index contributed by atoms with van der Waals surface area (Å²) < 4.78 is 34.0. The standard InChI is InChI=1S/C22H22O6S/c1-25-12-13-28-21-19(16-10-11-27-14-16)9-8-17(20(21)22(23)26-2)15-29(24)18-6-4-3-5-7-18/h3-11,14H,12-13,15H2,1-2H3. The number of esters is 1. The topological polar surface area (TPSA) is 75.0 Å². The maximum absolute atomic E-state index is 12.8. The predicted molar refractivity (Wildman–Crippen MR) is 109 cm³/mol. The Balaban J connectivity index is 2.07. The predicted octanol–water partition coefficient (Wildman–Crippen LogP) is 4.07. The maximum Gasteiger partial charge on any atom is 0.341 e. The first-order valence-electron chi connectivity index (χ1n) is 8.97. The van der Waals surface area contributed by atoms with Crippen LogP contribution in [0.2, 0.25) is 0 Å². The molecule has 6 nitrogen and oxygen atoms in total. The molecule has 0 aliphatic rings. The summed E-state index contributed by atoms with van der Waals surface area (Å²) in [4.78, 5) is 13.4. The van der Waals surface area contributed by atoms with Gasteiger partial charge in [-0.25, -0.2) is 4.79 Å². The number of rotatable bonds is 9. The molecule has 1 unspecified atom stereocenters. The zero-order valence-corrected chi connectivity index (χ0v) is 17.1. The third kappa shape index (κ3) is 4.93. The minimum absolute atomic E-state index is 0.154. The molecule has 0 amide bonds. The van der Waals surface area contributed by atoms with Gasteiger partial charge in [0.15, 0.2) is 0 Å². The number of methoxy groups -OCH3 is 2. The van der Waals surface area contributed by atoms with E-state index in [2.05, 4.69) is 0 Å². The van der Waals surface area contributed by atoms with Crippen LogP contribution in [-0.4, -0.2) is 37.6 Å². The Kier molecular flexibility index (Phi) is 7.21. The quantitative estimate of drug-likeness (QED) is 0.388. The van der Waals surface area contributed by atoms with E-state index in [1.165, 1.54) is 7.11 Å². The van der Waals surface area contributed by atoms with Gasteiger partial charge >= 0.3 is 5.97 Å². The van der Waals surface area contributed by atoms with Crippen LogP contribution in [0, 0.1) is 0 Å². The van der Waals surface area contributed by atoms with Crippen molar-refractivity contribution in [1.82, 2.24) is 0 Å². The van der Waals surface area contributed by atoms with Crippen molar-refractivity contribution in [3.05, 3.63) is 72.2 Å². The molecule has 7 heteroatoms. The van der Waals surface area contributed by atoms with Gasteiger partial charge in [0.05, 0.1) is 42.8 Å². The van der Waals surface area contributed by atoms with E-state index < -0.39 is 16.8 Å². The van der Waals surface area contributed by atoms with Crippen molar-refractivity contribution in [1.29, 1.82) is 0 Å². The Bertz CT molecular complexity index is 966. The second-order valence-corrected chi connectivity index (χ2v) is 7.58. The number of hydrogen-bond donors (Lipinski definition) is 0. The summed E-state index contributed by atoms with van der Waals surface area (Å²) in [7, 11) is 1.55. The van der Waals surface area contributed by atoms with Gasteiger partial charge in [-0.2, -0.15) is 0 Å². The van der Waals surface area contributed by atoms with Gasteiger partial charge in [0.1, 0.15) is 17.9 Å². The highest BCUT2D eigenvalue weighted by Gasteiger charge is 2.24. The zero-order valence-electron chi connectivity index (χ0n) is 16.3. The number of ether oxygens (including phenoxy) is 3. The van der Waals surface area contributed by atoms with Crippen LogP contribution in [0.25, 0.3) is 11.1 Å². The first-order chi connectivity index (χ1) is 14.2. The molecule has 0 bridgehead atoms. The fraction of sp³-hybridized carbons (Fsp3) is 0.227. The van der Waals surface area contributed by atoms with Crippen LogP contribution in [0.3, 0.4) is 0 Å². The summed E-state index contributed by atoms with van der Waals surface area (Å²) in [6, 6.07) is 14.5. The Hall–Kier alpha value is -2.90. The highest BCUT2D eigenvalue weighted by Crippen LogP contribution is 2.37. The Morgan fingerprint density at radius 2 is 1.83 bits per heavy atom. The third-order valence-corrected chi connectivity index (χ3v) is 5.66. The molecular formula is C22H22O6S. The molecule has 2 aromatic carbocycles. The minimum atomic E-state index is -1.33. The fourth-order valence-electron chi connectivity index (χ4n) is 2.89. The van der Waals surface area contributed by atoms with Gasteiger partial charge in [-0.15, -0.1) is 0 Å². The lowest BCUT2D eigenvalue weighted by atomic mass is 9.99. The number of carbonyl (C=O) groups excluding carboxylic acids is 1. The lowest BCUT2D eigenvalue weighted by molar-refractivity contribution is 0.0593. The van der Waals surface area contributed by atoms with Crippen molar-refractivity contribution in [2.45, 2.75) is 10.6 Å². The molecule has 0 fully saturated rings. The van der Waals surface area contributed by atoms with Crippen LogP contribution in [0.4, 0.5) is 0 Å². The van der Waals surface area contributed by atoms with Crippen LogP contribution in [0.1, 0.15) is 15.9 Å². The normalized spacial score (nSPS) is 11.8. The van der Waals surface area contributed by atoms with E-state index in [9.17, 15) is 9.00 Å². The molecule has 0 aliphatic carbocycles. The summed E-state index contributed by atoms with van der Waals surface area (Å²) in [6.45, 7) is 0.599. The van der Waals surface area contributed by atoms with Gasteiger partial charge in [-0.05, 0) is 23.8 Å². The fourth-order valence-corrected chi connectivity index (χ4v) is 4.04. The van der Waals surface area contributed by atoms with E-state index in [1.54, 1.807) is 43.9 Å². The van der Waals surface area contributed by atoms with Crippen molar-refractivity contribution in [2.24, 2.45) is 0 Å². The van der Waals surface area contributed by atoms with Gasteiger partial charge in [0.25, 0.3) is 0 Å². The van der Waals surface area contributed by atoms with Gasteiger partial charge in [0.2, 0.25) is 0 Å². The van der Waals surface area contributed by atoms with E-state index in [1.807, 2.05) is 24.3 Å². The van der Waals surface area contributed by atoms with E-state index in [4.69, 9.17) is 18.6 Å². The van der Waals surface area contributed by atoms with Crippen LogP contribution in [-0.2, 0) is 26.0 Å². The average Bonchev–Trinajstić information content (AvgIpc) is 3.29. The number of carbonyl (C=O) groups is 1. The molecule has 3 rings (SSSR count). The van der Waals surface area contributed by atoms with E-state index in [0.717, 1.165) is 5.56 Å². The van der Waals surface area contributed by atoms with Gasteiger partial charge in [-0.3, -0.25) is 4.21 Å². The van der Waals surface area contributed by atoms with Crippen molar-refractivity contribution < 1.29 is 27.6 Å². The van der Waals surface area contributed by atoms with E-state index in [0.29, 0.717) is 28.4 Å². The summed E-state index contributed by atoms with van der Waals surface area (Å²) in [5.74, 6) is -0.0403. The number of hydrogen-bond acceptors (Lipinski definition) is 6. The second kappa shape index (κ2) is 10.0. The highest BCUT2D eigenvalue weighted by molar-refractivity contribution is 7.84. The summed E-state index contributed by atoms with van der Waals surface area (Å²) in [6.07, 6.45) is 3.12. The first-order valence-corrected chi connectivity index (χ1v) is 10.3. The second-order valence-electron chi connectivity index (χ2n) is 6.12. The van der Waals surface area contributed by atoms with Crippen molar-refractivity contribution in [2.75, 3.05) is 27.4 Å².